The minimum Gasteiger partial charge on any atom is -0.497 e. The molecule has 25 heavy (non-hydrogen) atoms. The van der Waals surface area contributed by atoms with Crippen LogP contribution < -0.4 is 10.1 Å². The van der Waals surface area contributed by atoms with Gasteiger partial charge in [0.1, 0.15) is 5.75 Å². The summed E-state index contributed by atoms with van der Waals surface area (Å²) >= 11 is 0. The highest BCUT2D eigenvalue weighted by molar-refractivity contribution is 5.63. The number of nitro groups is 1. The molecule has 130 valence electrons. The van der Waals surface area contributed by atoms with Crippen LogP contribution in [0.15, 0.2) is 48.7 Å². The van der Waals surface area contributed by atoms with Crippen molar-refractivity contribution in [2.24, 2.45) is 5.92 Å². The second-order valence-corrected chi connectivity index (χ2v) is 6.11. The molecule has 3 rings (SSSR count). The maximum atomic E-state index is 11.6. The number of hydrogen-bond acceptors (Lipinski definition) is 5. The number of hydrogen-bond donors (Lipinski definition) is 1. The number of anilines is 1. The van der Waals surface area contributed by atoms with Crippen LogP contribution in [0.3, 0.4) is 0 Å². The van der Waals surface area contributed by atoms with Crippen LogP contribution in [0.2, 0.25) is 0 Å². The molecule has 1 atom stereocenters. The molecule has 0 bridgehead atoms. The van der Waals surface area contributed by atoms with E-state index in [0.717, 1.165) is 11.3 Å². The molecule has 1 N–H and O–H groups in total. The first-order valence-corrected chi connectivity index (χ1v) is 8.03. The van der Waals surface area contributed by atoms with Gasteiger partial charge in [-0.2, -0.15) is 9.38 Å². The molecular weight excluding hydrogens is 320 g/mol. The van der Waals surface area contributed by atoms with Crippen molar-refractivity contribution >= 4 is 17.3 Å². The van der Waals surface area contributed by atoms with Crippen LogP contribution in [-0.2, 0) is 0 Å². The average Bonchev–Trinajstić information content (AvgIpc) is 2.98. The monoisotopic (exact) mass is 340 g/mol. The molecule has 0 fully saturated rings. The Labute approximate surface area is 145 Å². The SMILES string of the molecule is COc1ccc(C(Nc2nc3ccccn3c2[N+](=O)[O-])C(C)C)cc1. The van der Waals surface area contributed by atoms with Gasteiger partial charge < -0.3 is 20.2 Å². The van der Waals surface area contributed by atoms with E-state index in [1.807, 2.05) is 24.3 Å². The van der Waals surface area contributed by atoms with Gasteiger partial charge in [-0.15, -0.1) is 0 Å². The first-order chi connectivity index (χ1) is 12.0. The maximum absolute atomic E-state index is 11.6. The average molecular weight is 340 g/mol. The molecule has 2 heterocycles. The maximum Gasteiger partial charge on any atom is 0.372 e. The van der Waals surface area contributed by atoms with Crippen LogP contribution in [0.1, 0.15) is 25.5 Å². The van der Waals surface area contributed by atoms with Crippen LogP contribution in [0.4, 0.5) is 11.6 Å². The molecule has 0 saturated carbocycles. The fourth-order valence-corrected chi connectivity index (χ4v) is 2.85. The van der Waals surface area contributed by atoms with E-state index in [0.29, 0.717) is 5.65 Å². The number of rotatable bonds is 6. The Bertz CT molecular complexity index is 887. The Balaban J connectivity index is 2.01. The summed E-state index contributed by atoms with van der Waals surface area (Å²) in [6.07, 6.45) is 1.64. The van der Waals surface area contributed by atoms with Gasteiger partial charge in [-0.3, -0.25) is 0 Å². The lowest BCUT2D eigenvalue weighted by Gasteiger charge is -2.22. The topological polar surface area (TPSA) is 81.7 Å². The minimum absolute atomic E-state index is 0.0604. The summed E-state index contributed by atoms with van der Waals surface area (Å²) in [7, 11) is 1.62. The molecule has 0 spiro atoms. The fourth-order valence-electron chi connectivity index (χ4n) is 2.85. The third-order valence-electron chi connectivity index (χ3n) is 4.11. The summed E-state index contributed by atoms with van der Waals surface area (Å²) in [5, 5.41) is 14.8. The van der Waals surface area contributed by atoms with Crippen LogP contribution in [0.5, 0.6) is 5.75 Å². The number of nitrogens with one attached hydrogen (secondary N) is 1. The summed E-state index contributed by atoms with van der Waals surface area (Å²) in [4.78, 5) is 15.5. The molecule has 0 aliphatic carbocycles. The molecule has 1 aromatic carbocycles. The lowest BCUT2D eigenvalue weighted by atomic mass is 9.96. The number of benzene rings is 1. The van der Waals surface area contributed by atoms with Gasteiger partial charge in [0.15, 0.2) is 0 Å². The van der Waals surface area contributed by atoms with Gasteiger partial charge >= 0.3 is 5.82 Å². The minimum atomic E-state index is -0.409. The van der Waals surface area contributed by atoms with E-state index in [2.05, 4.69) is 24.1 Å². The Morgan fingerprint density at radius 3 is 2.52 bits per heavy atom. The van der Waals surface area contributed by atoms with Crippen molar-refractivity contribution < 1.29 is 9.66 Å². The molecule has 0 saturated heterocycles. The number of imidazole rings is 1. The molecule has 0 aliphatic heterocycles. The number of aromatic nitrogens is 2. The molecule has 1 unspecified atom stereocenters. The standard InChI is InChI=1S/C18H20N4O3/c1-12(2)16(13-7-9-14(25-3)10-8-13)20-17-18(22(23)24)21-11-5-4-6-15(21)19-17/h4-12,16,20H,1-3H3. The van der Waals surface area contributed by atoms with Crippen molar-refractivity contribution in [2.45, 2.75) is 19.9 Å². The van der Waals surface area contributed by atoms with Crippen molar-refractivity contribution in [3.8, 4) is 5.75 Å². The second-order valence-electron chi connectivity index (χ2n) is 6.11. The van der Waals surface area contributed by atoms with Crippen molar-refractivity contribution in [1.29, 1.82) is 0 Å². The van der Waals surface area contributed by atoms with Gasteiger partial charge in [0.25, 0.3) is 0 Å². The number of methoxy groups -OCH3 is 1. The number of nitrogens with zero attached hydrogens (tertiary/aromatic N) is 3. The van der Waals surface area contributed by atoms with E-state index >= 15 is 0 Å². The Morgan fingerprint density at radius 2 is 1.92 bits per heavy atom. The Hall–Kier alpha value is -3.09. The summed E-state index contributed by atoms with van der Waals surface area (Å²) < 4.78 is 6.67. The van der Waals surface area contributed by atoms with Gasteiger partial charge in [0.05, 0.1) is 19.3 Å². The quantitative estimate of drug-likeness (QED) is 0.540. The highest BCUT2D eigenvalue weighted by Crippen LogP contribution is 2.32. The molecule has 2 aromatic heterocycles. The van der Waals surface area contributed by atoms with Crippen molar-refractivity contribution in [1.82, 2.24) is 9.38 Å². The van der Waals surface area contributed by atoms with Crippen LogP contribution in [0.25, 0.3) is 5.65 Å². The van der Waals surface area contributed by atoms with E-state index in [1.165, 1.54) is 4.40 Å². The van der Waals surface area contributed by atoms with Crippen LogP contribution >= 0.6 is 0 Å². The smallest absolute Gasteiger partial charge is 0.372 e. The third-order valence-corrected chi connectivity index (χ3v) is 4.11. The van der Waals surface area contributed by atoms with Crippen molar-refractivity contribution in [2.75, 3.05) is 12.4 Å². The highest BCUT2D eigenvalue weighted by Gasteiger charge is 2.26. The zero-order valence-electron chi connectivity index (χ0n) is 14.3. The van der Waals surface area contributed by atoms with E-state index in [4.69, 9.17) is 4.74 Å². The zero-order chi connectivity index (χ0) is 18.0. The lowest BCUT2D eigenvalue weighted by molar-refractivity contribution is -0.389. The van der Waals surface area contributed by atoms with Crippen molar-refractivity contribution in [3.05, 3.63) is 64.3 Å². The van der Waals surface area contributed by atoms with Crippen LogP contribution in [0, 0.1) is 16.0 Å². The normalized spacial score (nSPS) is 12.3. The number of fused-ring (bicyclic) bond motifs is 1. The van der Waals surface area contributed by atoms with E-state index < -0.39 is 4.92 Å². The molecule has 0 radical (unpaired) electrons. The predicted octanol–water partition coefficient (Wildman–Crippen LogP) is 4.06. The Morgan fingerprint density at radius 1 is 1.20 bits per heavy atom. The van der Waals surface area contributed by atoms with E-state index in [9.17, 15) is 10.1 Å². The van der Waals surface area contributed by atoms with Gasteiger partial charge in [-0.05, 0) is 34.6 Å². The molecule has 7 nitrogen and oxygen atoms in total. The fraction of sp³-hybridized carbons (Fsp3) is 0.278. The third kappa shape index (κ3) is 3.26. The molecule has 0 aliphatic rings. The van der Waals surface area contributed by atoms with Gasteiger partial charge in [0, 0.05) is 6.07 Å². The number of ether oxygens (including phenoxy) is 1. The van der Waals surface area contributed by atoms with Gasteiger partial charge in [0.2, 0.25) is 11.5 Å². The molecule has 0 amide bonds. The predicted molar refractivity (Wildman–Crippen MR) is 96.0 cm³/mol. The first-order valence-electron chi connectivity index (χ1n) is 8.03. The Kier molecular flexibility index (Phi) is 4.56. The van der Waals surface area contributed by atoms with E-state index in [-0.39, 0.29) is 23.6 Å². The summed E-state index contributed by atoms with van der Waals surface area (Å²) in [5.74, 6) is 1.18. The molecule has 3 aromatic rings. The first kappa shape index (κ1) is 16.8. The van der Waals surface area contributed by atoms with Gasteiger partial charge in [-0.1, -0.05) is 32.0 Å². The van der Waals surface area contributed by atoms with Crippen molar-refractivity contribution in [3.63, 3.8) is 0 Å². The molecular formula is C18H20N4O3. The zero-order valence-corrected chi connectivity index (χ0v) is 14.3. The second kappa shape index (κ2) is 6.80. The summed E-state index contributed by atoms with van der Waals surface area (Å²) in [5.41, 5.74) is 1.55. The summed E-state index contributed by atoms with van der Waals surface area (Å²) in [6, 6.07) is 12.9. The highest BCUT2D eigenvalue weighted by atomic mass is 16.6. The van der Waals surface area contributed by atoms with Gasteiger partial charge in [-0.25, -0.2) is 0 Å². The largest absolute Gasteiger partial charge is 0.497 e. The molecule has 7 heteroatoms. The van der Waals surface area contributed by atoms with E-state index in [1.54, 1.807) is 31.5 Å². The van der Waals surface area contributed by atoms with Crippen LogP contribution in [-0.4, -0.2) is 21.4 Å². The number of pyridine rings is 1. The summed E-state index contributed by atoms with van der Waals surface area (Å²) in [6.45, 7) is 4.12. The lowest BCUT2D eigenvalue weighted by Crippen LogP contribution is -2.17.